The fourth-order valence-electron chi connectivity index (χ4n) is 1.67. The number of nitrogens with zero attached hydrogens (tertiary/aromatic N) is 2. The van der Waals surface area contributed by atoms with Gasteiger partial charge in [0.15, 0.2) is 5.96 Å². The van der Waals surface area contributed by atoms with Gasteiger partial charge in [-0.25, -0.2) is 9.98 Å². The van der Waals surface area contributed by atoms with Crippen LogP contribution in [0.4, 0.5) is 0 Å². The third-order valence-electron chi connectivity index (χ3n) is 3.06. The Bertz CT molecular complexity index is 606. The lowest BCUT2D eigenvalue weighted by molar-refractivity contribution is 0.636. The summed E-state index contributed by atoms with van der Waals surface area (Å²) in [5, 5.41) is 4.83. The molecule has 1 unspecified atom stereocenters. The Hall–Kier alpha value is -1.59. The van der Waals surface area contributed by atoms with Crippen molar-refractivity contribution in [1.29, 1.82) is 0 Å². The molecule has 0 aliphatic rings. The summed E-state index contributed by atoms with van der Waals surface area (Å²) < 4.78 is 0. The van der Waals surface area contributed by atoms with Gasteiger partial charge in [0.2, 0.25) is 0 Å². The van der Waals surface area contributed by atoms with Crippen molar-refractivity contribution in [3.8, 4) is 10.6 Å². The summed E-state index contributed by atoms with van der Waals surface area (Å²) in [6.07, 6.45) is 2.85. The van der Waals surface area contributed by atoms with Crippen LogP contribution in [0.1, 0.15) is 25.1 Å². The average Bonchev–Trinajstić information content (AvgIpc) is 2.94. The second kappa shape index (κ2) is 7.43. The molecule has 2 aromatic rings. The Balaban J connectivity index is 2.00. The summed E-state index contributed by atoms with van der Waals surface area (Å²) in [6.45, 7) is 4.72. The molecule has 0 spiro atoms. The molecule has 1 aromatic heterocycles. The molecule has 21 heavy (non-hydrogen) atoms. The molecule has 112 valence electrons. The fraction of sp³-hybridized carbons (Fsp3) is 0.333. The van der Waals surface area contributed by atoms with Gasteiger partial charge in [0.1, 0.15) is 5.01 Å². The molecule has 0 fully saturated rings. The minimum Gasteiger partial charge on any atom is -0.370 e. The first-order valence-corrected chi connectivity index (χ1v) is 8.05. The molecule has 0 aliphatic carbocycles. The van der Waals surface area contributed by atoms with Crippen molar-refractivity contribution in [2.24, 2.45) is 10.7 Å². The van der Waals surface area contributed by atoms with Crippen LogP contribution in [0.5, 0.6) is 0 Å². The van der Waals surface area contributed by atoms with Crippen molar-refractivity contribution >= 4 is 28.9 Å². The molecule has 0 aliphatic heterocycles. The maximum atomic E-state index is 5.89. The van der Waals surface area contributed by atoms with Gasteiger partial charge < -0.3 is 11.1 Å². The van der Waals surface area contributed by atoms with Crippen LogP contribution in [0, 0.1) is 0 Å². The van der Waals surface area contributed by atoms with Crippen molar-refractivity contribution in [2.45, 2.75) is 32.9 Å². The molecule has 1 atom stereocenters. The summed E-state index contributed by atoms with van der Waals surface area (Å²) in [6, 6.07) is 7.99. The second-order valence-electron chi connectivity index (χ2n) is 4.79. The Kier molecular flexibility index (Phi) is 5.59. The topological polar surface area (TPSA) is 63.3 Å². The van der Waals surface area contributed by atoms with Crippen molar-refractivity contribution in [3.63, 3.8) is 0 Å². The second-order valence-corrected chi connectivity index (χ2v) is 6.35. The molecule has 2 rings (SSSR count). The lowest BCUT2D eigenvalue weighted by Crippen LogP contribution is -2.37. The van der Waals surface area contributed by atoms with Crippen molar-refractivity contribution in [1.82, 2.24) is 10.3 Å². The Morgan fingerprint density at radius 1 is 1.43 bits per heavy atom. The normalized spacial score (nSPS) is 13.2. The third kappa shape index (κ3) is 4.72. The SMILES string of the molecule is CCC(C)NC(N)=NCc1cnc(-c2ccc(Cl)cc2)s1. The Labute approximate surface area is 134 Å². The smallest absolute Gasteiger partial charge is 0.189 e. The first-order valence-electron chi connectivity index (χ1n) is 6.85. The maximum absolute atomic E-state index is 5.89. The summed E-state index contributed by atoms with van der Waals surface area (Å²) in [5.41, 5.74) is 6.90. The number of thiazole rings is 1. The van der Waals surface area contributed by atoms with Crippen LogP contribution < -0.4 is 11.1 Å². The first kappa shape index (κ1) is 15.8. The Morgan fingerprint density at radius 2 is 2.14 bits per heavy atom. The quantitative estimate of drug-likeness (QED) is 0.652. The summed E-state index contributed by atoms with van der Waals surface area (Å²) >= 11 is 7.50. The fourth-order valence-corrected chi connectivity index (χ4v) is 2.64. The highest BCUT2D eigenvalue weighted by Gasteiger charge is 2.05. The molecule has 4 nitrogen and oxygen atoms in total. The van der Waals surface area contributed by atoms with Gasteiger partial charge >= 0.3 is 0 Å². The van der Waals surface area contributed by atoms with Gasteiger partial charge in [0, 0.05) is 27.7 Å². The van der Waals surface area contributed by atoms with Crippen LogP contribution in [0.15, 0.2) is 35.5 Å². The van der Waals surface area contributed by atoms with Crippen molar-refractivity contribution in [2.75, 3.05) is 0 Å². The molecule has 0 saturated heterocycles. The van der Waals surface area contributed by atoms with Crippen molar-refractivity contribution in [3.05, 3.63) is 40.4 Å². The largest absolute Gasteiger partial charge is 0.370 e. The van der Waals surface area contributed by atoms with Gasteiger partial charge in [0.05, 0.1) is 6.54 Å². The van der Waals surface area contributed by atoms with Crippen molar-refractivity contribution < 1.29 is 0 Å². The van der Waals surface area contributed by atoms with Crippen LogP contribution in [-0.4, -0.2) is 17.0 Å². The molecule has 1 heterocycles. The standard InChI is InChI=1S/C15H19ClN4S/c1-3-10(2)20-15(17)19-9-13-8-18-14(21-13)11-4-6-12(16)7-5-11/h4-8,10H,3,9H2,1-2H3,(H3,17,19,20). The van der Waals surface area contributed by atoms with Gasteiger partial charge in [-0.05, 0) is 25.5 Å². The molecular weight excluding hydrogens is 304 g/mol. The number of aliphatic imine (C=N–C) groups is 1. The predicted octanol–water partition coefficient (Wildman–Crippen LogP) is 3.67. The molecule has 0 saturated carbocycles. The summed E-state index contributed by atoms with van der Waals surface area (Å²) in [7, 11) is 0. The van der Waals surface area contributed by atoms with Crippen LogP contribution in [0.25, 0.3) is 10.6 Å². The molecule has 1 aromatic carbocycles. The lowest BCUT2D eigenvalue weighted by Gasteiger charge is -2.11. The number of guanidine groups is 1. The number of aromatic nitrogens is 1. The van der Waals surface area contributed by atoms with E-state index in [1.165, 1.54) is 0 Å². The van der Waals surface area contributed by atoms with E-state index in [4.69, 9.17) is 17.3 Å². The van der Waals surface area contributed by atoms with Crippen LogP contribution >= 0.6 is 22.9 Å². The van der Waals surface area contributed by atoms with E-state index < -0.39 is 0 Å². The van der Waals surface area contributed by atoms with E-state index in [-0.39, 0.29) is 0 Å². The molecule has 3 N–H and O–H groups in total. The highest BCUT2D eigenvalue weighted by Crippen LogP contribution is 2.26. The van der Waals surface area contributed by atoms with Gasteiger partial charge in [-0.3, -0.25) is 0 Å². The number of hydrogen-bond acceptors (Lipinski definition) is 3. The van der Waals surface area contributed by atoms with E-state index >= 15 is 0 Å². The predicted molar refractivity (Wildman–Crippen MR) is 90.8 cm³/mol. The third-order valence-corrected chi connectivity index (χ3v) is 4.34. The minimum absolute atomic E-state index is 0.333. The summed E-state index contributed by atoms with van der Waals surface area (Å²) in [4.78, 5) is 9.83. The lowest BCUT2D eigenvalue weighted by atomic mass is 10.2. The van der Waals surface area contributed by atoms with Gasteiger partial charge in [-0.2, -0.15) is 0 Å². The average molecular weight is 323 g/mol. The van der Waals surface area contributed by atoms with Crippen LogP contribution in [0.2, 0.25) is 5.02 Å². The number of hydrogen-bond donors (Lipinski definition) is 2. The molecule has 0 bridgehead atoms. The van der Waals surface area contributed by atoms with E-state index in [1.54, 1.807) is 11.3 Å². The van der Waals surface area contributed by atoms with Gasteiger partial charge in [-0.15, -0.1) is 11.3 Å². The van der Waals surface area contributed by atoms with Gasteiger partial charge in [0.25, 0.3) is 0 Å². The van der Waals surface area contributed by atoms with Crippen LogP contribution in [0.3, 0.4) is 0 Å². The summed E-state index contributed by atoms with van der Waals surface area (Å²) in [5.74, 6) is 0.478. The Morgan fingerprint density at radius 3 is 2.81 bits per heavy atom. The highest BCUT2D eigenvalue weighted by atomic mass is 35.5. The first-order chi connectivity index (χ1) is 10.1. The van der Waals surface area contributed by atoms with E-state index in [0.29, 0.717) is 18.5 Å². The molecule has 0 amide bonds. The number of halogens is 1. The van der Waals surface area contributed by atoms with E-state index in [0.717, 1.165) is 26.9 Å². The maximum Gasteiger partial charge on any atom is 0.189 e. The van der Waals surface area contributed by atoms with E-state index in [9.17, 15) is 0 Å². The zero-order chi connectivity index (χ0) is 15.2. The zero-order valence-corrected chi connectivity index (χ0v) is 13.7. The minimum atomic E-state index is 0.333. The van der Waals surface area contributed by atoms with E-state index in [1.807, 2.05) is 30.5 Å². The highest BCUT2D eigenvalue weighted by molar-refractivity contribution is 7.15. The number of benzene rings is 1. The monoisotopic (exact) mass is 322 g/mol. The number of nitrogens with two attached hydrogens (primary N) is 1. The zero-order valence-electron chi connectivity index (χ0n) is 12.1. The molecule has 0 radical (unpaired) electrons. The molecule has 6 heteroatoms. The van der Waals surface area contributed by atoms with E-state index in [2.05, 4.69) is 29.1 Å². The van der Waals surface area contributed by atoms with Crippen LogP contribution in [-0.2, 0) is 6.54 Å². The van der Waals surface area contributed by atoms with Gasteiger partial charge in [-0.1, -0.05) is 30.7 Å². The number of rotatable bonds is 5. The number of nitrogens with one attached hydrogen (secondary N) is 1. The molecular formula is C15H19ClN4S.